The standard InChI is InChI=1S/C23H23N7O/c1-14-19-17(9-10-25-14)21(26-12-15-6-3-2-4-7-15)29-22(28-19)23-27-13-18-16(20(24)31)8-5-11-30(18)23/h2-8,11,13-14,25H,9-10,12H2,1H3,(H2,24,31)(H,26,28,29). The first-order valence-electron chi connectivity index (χ1n) is 10.3. The molecule has 8 heteroatoms. The summed E-state index contributed by atoms with van der Waals surface area (Å²) in [6, 6.07) is 13.8. The average Bonchev–Trinajstić information content (AvgIpc) is 3.22. The van der Waals surface area contributed by atoms with Gasteiger partial charge in [-0.15, -0.1) is 0 Å². The van der Waals surface area contributed by atoms with Gasteiger partial charge in [0.25, 0.3) is 5.91 Å². The van der Waals surface area contributed by atoms with Gasteiger partial charge in [-0.25, -0.2) is 15.0 Å². The number of hydrogen-bond acceptors (Lipinski definition) is 6. The molecule has 4 N–H and O–H groups in total. The number of amides is 1. The highest BCUT2D eigenvalue weighted by atomic mass is 16.1. The Morgan fingerprint density at radius 3 is 2.87 bits per heavy atom. The lowest BCUT2D eigenvalue weighted by Crippen LogP contribution is -2.30. The Kier molecular flexibility index (Phi) is 4.83. The monoisotopic (exact) mass is 413 g/mol. The van der Waals surface area contributed by atoms with E-state index in [4.69, 9.17) is 15.7 Å². The zero-order chi connectivity index (χ0) is 21.4. The van der Waals surface area contributed by atoms with E-state index in [0.29, 0.717) is 29.3 Å². The van der Waals surface area contributed by atoms with E-state index >= 15 is 0 Å². The highest BCUT2D eigenvalue weighted by Gasteiger charge is 2.24. The fraction of sp³-hybridized carbons (Fsp3) is 0.217. The van der Waals surface area contributed by atoms with Gasteiger partial charge >= 0.3 is 0 Å². The zero-order valence-corrected chi connectivity index (χ0v) is 17.2. The van der Waals surface area contributed by atoms with Crippen LogP contribution in [0.15, 0.2) is 54.9 Å². The number of aromatic nitrogens is 4. The van der Waals surface area contributed by atoms with Gasteiger partial charge in [0.05, 0.1) is 23.0 Å². The molecule has 0 fully saturated rings. The van der Waals surface area contributed by atoms with Gasteiger partial charge in [-0.1, -0.05) is 30.3 Å². The number of carbonyl (C=O) groups is 1. The summed E-state index contributed by atoms with van der Waals surface area (Å²) in [6.07, 6.45) is 4.33. The predicted octanol–water partition coefficient (Wildman–Crippen LogP) is 2.71. The molecule has 0 aliphatic carbocycles. The average molecular weight is 413 g/mol. The number of rotatable bonds is 5. The second-order valence-electron chi connectivity index (χ2n) is 7.65. The van der Waals surface area contributed by atoms with Gasteiger partial charge in [0, 0.05) is 24.3 Å². The Bertz CT molecular complexity index is 1270. The fourth-order valence-corrected chi connectivity index (χ4v) is 4.04. The van der Waals surface area contributed by atoms with Crippen molar-refractivity contribution < 1.29 is 4.79 Å². The number of primary amides is 1. The maximum absolute atomic E-state index is 11.8. The summed E-state index contributed by atoms with van der Waals surface area (Å²) in [5.41, 5.74) is 9.85. The molecule has 5 rings (SSSR count). The molecule has 3 aromatic heterocycles. The van der Waals surface area contributed by atoms with Crippen LogP contribution in [0.4, 0.5) is 5.82 Å². The first-order valence-corrected chi connectivity index (χ1v) is 10.3. The van der Waals surface area contributed by atoms with Crippen molar-refractivity contribution in [2.45, 2.75) is 25.9 Å². The number of nitrogens with one attached hydrogen (secondary N) is 2. The number of fused-ring (bicyclic) bond motifs is 2. The molecule has 1 unspecified atom stereocenters. The van der Waals surface area contributed by atoms with Crippen LogP contribution < -0.4 is 16.4 Å². The molecular formula is C23H23N7O. The van der Waals surface area contributed by atoms with Crippen molar-refractivity contribution in [3.05, 3.63) is 77.2 Å². The summed E-state index contributed by atoms with van der Waals surface area (Å²) < 4.78 is 1.81. The van der Waals surface area contributed by atoms with Crippen LogP contribution in [0, 0.1) is 0 Å². The zero-order valence-electron chi connectivity index (χ0n) is 17.2. The van der Waals surface area contributed by atoms with E-state index in [1.807, 2.05) is 28.8 Å². The number of nitrogens with zero attached hydrogens (tertiary/aromatic N) is 4. The highest BCUT2D eigenvalue weighted by molar-refractivity contribution is 5.99. The van der Waals surface area contributed by atoms with Crippen LogP contribution in [0.25, 0.3) is 17.2 Å². The molecule has 1 atom stereocenters. The second-order valence-corrected chi connectivity index (χ2v) is 7.65. The lowest BCUT2D eigenvalue weighted by molar-refractivity contribution is 0.100. The third-order valence-electron chi connectivity index (χ3n) is 5.61. The topological polar surface area (TPSA) is 110 Å². The fourth-order valence-electron chi connectivity index (χ4n) is 4.04. The Labute approximate surface area is 179 Å². The molecule has 1 aromatic carbocycles. The van der Waals surface area contributed by atoms with Gasteiger partial charge in [0.2, 0.25) is 0 Å². The van der Waals surface area contributed by atoms with E-state index in [1.165, 1.54) is 5.56 Å². The maximum atomic E-state index is 11.8. The Morgan fingerprint density at radius 2 is 2.06 bits per heavy atom. The van der Waals surface area contributed by atoms with E-state index in [0.717, 1.165) is 30.0 Å². The van der Waals surface area contributed by atoms with Crippen molar-refractivity contribution in [2.75, 3.05) is 11.9 Å². The van der Waals surface area contributed by atoms with Crippen LogP contribution in [0.1, 0.15) is 40.1 Å². The van der Waals surface area contributed by atoms with Gasteiger partial charge in [-0.05, 0) is 37.6 Å². The summed E-state index contributed by atoms with van der Waals surface area (Å²) in [6.45, 7) is 3.65. The quantitative estimate of drug-likeness (QED) is 0.464. The predicted molar refractivity (Wildman–Crippen MR) is 119 cm³/mol. The number of pyridine rings is 1. The Balaban J connectivity index is 1.61. The number of nitrogens with two attached hydrogens (primary N) is 1. The minimum Gasteiger partial charge on any atom is -0.366 e. The van der Waals surface area contributed by atoms with Crippen molar-refractivity contribution in [2.24, 2.45) is 5.73 Å². The summed E-state index contributed by atoms with van der Waals surface area (Å²) in [5, 5.41) is 6.97. The molecule has 4 aromatic rings. The molecule has 1 aliphatic rings. The third-order valence-corrected chi connectivity index (χ3v) is 5.61. The SMILES string of the molecule is CC1NCCc2c(NCc3ccccc3)nc(-c3ncc4c(C(N)=O)cccn34)nc21. The molecule has 0 radical (unpaired) electrons. The third kappa shape index (κ3) is 3.51. The molecular weight excluding hydrogens is 390 g/mol. The molecule has 0 saturated heterocycles. The van der Waals surface area contributed by atoms with Gasteiger partial charge in [0.15, 0.2) is 11.6 Å². The highest BCUT2D eigenvalue weighted by Crippen LogP contribution is 2.29. The van der Waals surface area contributed by atoms with Gasteiger partial charge in [0.1, 0.15) is 5.82 Å². The van der Waals surface area contributed by atoms with Crippen molar-refractivity contribution >= 4 is 17.2 Å². The number of hydrogen-bond donors (Lipinski definition) is 3. The Hall–Kier alpha value is -3.78. The normalized spacial score (nSPS) is 15.6. The van der Waals surface area contributed by atoms with Crippen molar-refractivity contribution in [3.63, 3.8) is 0 Å². The van der Waals surface area contributed by atoms with E-state index in [9.17, 15) is 4.79 Å². The van der Waals surface area contributed by atoms with Crippen molar-refractivity contribution in [3.8, 4) is 11.6 Å². The van der Waals surface area contributed by atoms with Crippen LogP contribution in [-0.4, -0.2) is 31.8 Å². The molecule has 0 spiro atoms. The maximum Gasteiger partial charge on any atom is 0.250 e. The van der Waals surface area contributed by atoms with Crippen molar-refractivity contribution in [1.29, 1.82) is 0 Å². The molecule has 1 amide bonds. The summed E-state index contributed by atoms with van der Waals surface area (Å²) in [5.74, 6) is 1.40. The number of benzene rings is 1. The van der Waals surface area contributed by atoms with Crippen LogP contribution in [0.3, 0.4) is 0 Å². The molecule has 0 saturated carbocycles. The molecule has 8 nitrogen and oxygen atoms in total. The lowest BCUT2D eigenvalue weighted by Gasteiger charge is -2.25. The first kappa shape index (κ1) is 19.2. The molecule has 31 heavy (non-hydrogen) atoms. The smallest absolute Gasteiger partial charge is 0.250 e. The summed E-state index contributed by atoms with van der Waals surface area (Å²) >= 11 is 0. The summed E-state index contributed by atoms with van der Waals surface area (Å²) in [4.78, 5) is 26.0. The van der Waals surface area contributed by atoms with E-state index in [-0.39, 0.29) is 6.04 Å². The van der Waals surface area contributed by atoms with Gasteiger partial charge in [-0.2, -0.15) is 0 Å². The first-order chi connectivity index (χ1) is 15.1. The van der Waals surface area contributed by atoms with Gasteiger partial charge in [-0.3, -0.25) is 9.20 Å². The number of imidazole rings is 1. The van der Waals surface area contributed by atoms with Crippen LogP contribution in [0.2, 0.25) is 0 Å². The van der Waals surface area contributed by atoms with Crippen molar-refractivity contribution in [1.82, 2.24) is 24.7 Å². The number of anilines is 1. The molecule has 156 valence electrons. The molecule has 1 aliphatic heterocycles. The Morgan fingerprint density at radius 1 is 1.23 bits per heavy atom. The molecule has 0 bridgehead atoms. The second kappa shape index (κ2) is 7.81. The summed E-state index contributed by atoms with van der Waals surface area (Å²) in [7, 11) is 0. The van der Waals surface area contributed by atoms with Crippen LogP contribution in [-0.2, 0) is 13.0 Å². The number of carbonyl (C=O) groups excluding carboxylic acids is 1. The van der Waals surface area contributed by atoms with Crippen LogP contribution >= 0.6 is 0 Å². The minimum absolute atomic E-state index is 0.107. The molecule has 4 heterocycles. The van der Waals surface area contributed by atoms with E-state index in [2.05, 4.69) is 34.7 Å². The van der Waals surface area contributed by atoms with E-state index in [1.54, 1.807) is 18.3 Å². The van der Waals surface area contributed by atoms with Crippen LogP contribution in [0.5, 0.6) is 0 Å². The van der Waals surface area contributed by atoms with E-state index < -0.39 is 5.91 Å². The lowest BCUT2D eigenvalue weighted by atomic mass is 10.0. The van der Waals surface area contributed by atoms with Gasteiger partial charge < -0.3 is 16.4 Å². The largest absolute Gasteiger partial charge is 0.366 e. The minimum atomic E-state index is -0.494.